The minimum Gasteiger partial charge on any atom is -0.421 e. The van der Waals surface area contributed by atoms with Crippen molar-refractivity contribution in [3.63, 3.8) is 0 Å². The Labute approximate surface area is 90.3 Å². The van der Waals surface area contributed by atoms with Crippen molar-refractivity contribution in [2.24, 2.45) is 0 Å². The summed E-state index contributed by atoms with van der Waals surface area (Å²) in [6.07, 6.45) is 0. The van der Waals surface area contributed by atoms with Crippen LogP contribution < -0.4 is 0 Å². The molecule has 0 N–H and O–H groups in total. The van der Waals surface area contributed by atoms with Crippen molar-refractivity contribution in [2.75, 3.05) is 0 Å². The SMILES string of the molecule is Cc1nnc(-c2c(C)cccc2Br)o1. The topological polar surface area (TPSA) is 38.9 Å². The fourth-order valence-corrected chi connectivity index (χ4v) is 1.94. The smallest absolute Gasteiger partial charge is 0.249 e. The molecule has 4 heteroatoms. The van der Waals surface area contributed by atoms with E-state index in [1.54, 1.807) is 6.92 Å². The Morgan fingerprint density at radius 1 is 1.21 bits per heavy atom. The first kappa shape index (κ1) is 9.40. The Hall–Kier alpha value is -1.16. The number of aryl methyl sites for hydroxylation is 2. The van der Waals surface area contributed by atoms with E-state index in [1.807, 2.05) is 25.1 Å². The molecule has 14 heavy (non-hydrogen) atoms. The summed E-state index contributed by atoms with van der Waals surface area (Å²) < 4.78 is 6.35. The van der Waals surface area contributed by atoms with Gasteiger partial charge in [-0.15, -0.1) is 10.2 Å². The lowest BCUT2D eigenvalue weighted by atomic mass is 10.1. The highest BCUT2D eigenvalue weighted by Gasteiger charge is 2.11. The van der Waals surface area contributed by atoms with Gasteiger partial charge in [-0.3, -0.25) is 0 Å². The maximum atomic E-state index is 5.38. The van der Waals surface area contributed by atoms with Gasteiger partial charge in [0.1, 0.15) is 0 Å². The van der Waals surface area contributed by atoms with E-state index in [9.17, 15) is 0 Å². The van der Waals surface area contributed by atoms with Crippen LogP contribution in [0.3, 0.4) is 0 Å². The number of benzene rings is 1. The van der Waals surface area contributed by atoms with E-state index < -0.39 is 0 Å². The van der Waals surface area contributed by atoms with Crippen molar-refractivity contribution >= 4 is 15.9 Å². The number of hydrogen-bond acceptors (Lipinski definition) is 3. The normalized spacial score (nSPS) is 10.5. The zero-order valence-corrected chi connectivity index (χ0v) is 9.50. The summed E-state index contributed by atoms with van der Waals surface area (Å²) >= 11 is 3.47. The van der Waals surface area contributed by atoms with Crippen LogP contribution in [0.15, 0.2) is 27.1 Å². The molecule has 0 spiro atoms. The Morgan fingerprint density at radius 2 is 2.00 bits per heavy atom. The number of nitrogens with zero attached hydrogens (tertiary/aromatic N) is 2. The van der Waals surface area contributed by atoms with E-state index >= 15 is 0 Å². The van der Waals surface area contributed by atoms with E-state index in [0.29, 0.717) is 11.8 Å². The molecule has 0 fully saturated rings. The predicted molar refractivity (Wildman–Crippen MR) is 56.9 cm³/mol. The third-order valence-electron chi connectivity index (χ3n) is 1.96. The molecule has 0 bridgehead atoms. The van der Waals surface area contributed by atoms with Crippen LogP contribution in [0, 0.1) is 13.8 Å². The molecule has 0 saturated carbocycles. The second-order valence-electron chi connectivity index (χ2n) is 3.06. The molecule has 0 atom stereocenters. The summed E-state index contributed by atoms with van der Waals surface area (Å²) in [6, 6.07) is 5.95. The van der Waals surface area contributed by atoms with Crippen LogP contribution in [-0.4, -0.2) is 10.2 Å². The molecular weight excluding hydrogens is 244 g/mol. The van der Waals surface area contributed by atoms with Crippen LogP contribution in [0.25, 0.3) is 11.5 Å². The third kappa shape index (κ3) is 1.57. The lowest BCUT2D eigenvalue weighted by Gasteiger charge is -2.02. The molecule has 2 rings (SSSR count). The van der Waals surface area contributed by atoms with E-state index in [1.165, 1.54) is 0 Å². The molecule has 1 aromatic carbocycles. The Bertz CT molecular complexity index is 445. The molecule has 1 aromatic heterocycles. The van der Waals surface area contributed by atoms with E-state index in [4.69, 9.17) is 4.42 Å². The molecule has 0 amide bonds. The Morgan fingerprint density at radius 3 is 2.57 bits per heavy atom. The van der Waals surface area contributed by atoms with Gasteiger partial charge in [0.2, 0.25) is 11.8 Å². The van der Waals surface area contributed by atoms with Crippen LogP contribution in [0.5, 0.6) is 0 Å². The van der Waals surface area contributed by atoms with Gasteiger partial charge in [0.15, 0.2) is 0 Å². The van der Waals surface area contributed by atoms with Crippen molar-refractivity contribution in [3.8, 4) is 11.5 Å². The van der Waals surface area contributed by atoms with Gasteiger partial charge in [-0.2, -0.15) is 0 Å². The largest absolute Gasteiger partial charge is 0.421 e. The summed E-state index contributed by atoms with van der Waals surface area (Å²) in [5.74, 6) is 1.14. The van der Waals surface area contributed by atoms with Gasteiger partial charge in [-0.1, -0.05) is 12.1 Å². The minimum atomic E-state index is 0.562. The molecule has 3 nitrogen and oxygen atoms in total. The molecule has 2 aromatic rings. The van der Waals surface area contributed by atoms with E-state index in [2.05, 4.69) is 26.1 Å². The van der Waals surface area contributed by atoms with Crippen molar-refractivity contribution in [1.29, 1.82) is 0 Å². The van der Waals surface area contributed by atoms with Crippen LogP contribution in [0.4, 0.5) is 0 Å². The summed E-state index contributed by atoms with van der Waals surface area (Å²) in [6.45, 7) is 3.79. The molecule has 0 aliphatic rings. The Kier molecular flexibility index (Phi) is 2.37. The minimum absolute atomic E-state index is 0.562. The first-order valence-corrected chi connectivity index (χ1v) is 5.03. The molecule has 72 valence electrons. The van der Waals surface area contributed by atoms with Gasteiger partial charge in [0.05, 0.1) is 5.56 Å². The zero-order chi connectivity index (χ0) is 10.1. The first-order valence-electron chi connectivity index (χ1n) is 4.24. The van der Waals surface area contributed by atoms with Crippen LogP contribution in [-0.2, 0) is 0 Å². The number of aromatic nitrogens is 2. The molecule has 0 unspecified atom stereocenters. The van der Waals surface area contributed by atoms with E-state index in [0.717, 1.165) is 15.6 Å². The van der Waals surface area contributed by atoms with Crippen molar-refractivity contribution < 1.29 is 4.42 Å². The first-order chi connectivity index (χ1) is 6.68. The predicted octanol–water partition coefficient (Wildman–Crippen LogP) is 3.12. The van der Waals surface area contributed by atoms with Gasteiger partial charge in [-0.05, 0) is 34.5 Å². The monoisotopic (exact) mass is 252 g/mol. The average molecular weight is 253 g/mol. The highest BCUT2D eigenvalue weighted by molar-refractivity contribution is 9.10. The molecule has 1 heterocycles. The lowest BCUT2D eigenvalue weighted by Crippen LogP contribution is -1.84. The Balaban J connectivity index is 2.61. The number of halogens is 1. The van der Waals surface area contributed by atoms with Crippen molar-refractivity contribution in [3.05, 3.63) is 34.1 Å². The molecule has 0 radical (unpaired) electrons. The highest BCUT2D eigenvalue weighted by Crippen LogP contribution is 2.29. The fraction of sp³-hybridized carbons (Fsp3) is 0.200. The molecule has 0 aliphatic heterocycles. The van der Waals surface area contributed by atoms with Gasteiger partial charge in [0.25, 0.3) is 0 Å². The summed E-state index contributed by atoms with van der Waals surface area (Å²) in [5.41, 5.74) is 2.08. The second-order valence-corrected chi connectivity index (χ2v) is 3.91. The van der Waals surface area contributed by atoms with Crippen LogP contribution in [0.2, 0.25) is 0 Å². The van der Waals surface area contributed by atoms with Gasteiger partial charge in [-0.25, -0.2) is 0 Å². The van der Waals surface area contributed by atoms with Gasteiger partial charge >= 0.3 is 0 Å². The van der Waals surface area contributed by atoms with Gasteiger partial charge in [0, 0.05) is 11.4 Å². The van der Waals surface area contributed by atoms with Crippen molar-refractivity contribution in [1.82, 2.24) is 10.2 Å². The van der Waals surface area contributed by atoms with Crippen LogP contribution in [0.1, 0.15) is 11.5 Å². The number of hydrogen-bond donors (Lipinski definition) is 0. The van der Waals surface area contributed by atoms with Crippen molar-refractivity contribution in [2.45, 2.75) is 13.8 Å². The summed E-state index contributed by atoms with van der Waals surface area (Å²) in [7, 11) is 0. The molecule has 0 aliphatic carbocycles. The zero-order valence-electron chi connectivity index (χ0n) is 7.91. The number of rotatable bonds is 1. The molecular formula is C10H9BrN2O. The van der Waals surface area contributed by atoms with Gasteiger partial charge < -0.3 is 4.42 Å². The maximum Gasteiger partial charge on any atom is 0.249 e. The standard InChI is InChI=1S/C10H9BrN2O/c1-6-4-3-5-8(11)9(6)10-13-12-7(2)14-10/h3-5H,1-2H3. The second kappa shape index (κ2) is 3.53. The fourth-order valence-electron chi connectivity index (χ4n) is 1.30. The average Bonchev–Trinajstić information content (AvgIpc) is 2.51. The van der Waals surface area contributed by atoms with Crippen LogP contribution >= 0.6 is 15.9 Å². The highest BCUT2D eigenvalue weighted by atomic mass is 79.9. The molecule has 0 saturated heterocycles. The quantitative estimate of drug-likeness (QED) is 0.783. The summed E-state index contributed by atoms with van der Waals surface area (Å²) in [5, 5.41) is 7.80. The third-order valence-corrected chi connectivity index (χ3v) is 2.62. The lowest BCUT2D eigenvalue weighted by molar-refractivity contribution is 0.532. The summed E-state index contributed by atoms with van der Waals surface area (Å²) in [4.78, 5) is 0. The van der Waals surface area contributed by atoms with E-state index in [-0.39, 0.29) is 0 Å². The maximum absolute atomic E-state index is 5.38.